The third-order valence-electron chi connectivity index (χ3n) is 7.68. The molecule has 0 saturated heterocycles. The monoisotopic (exact) mass is 468 g/mol. The van der Waals surface area contributed by atoms with Crippen molar-refractivity contribution in [3.63, 3.8) is 0 Å². The maximum absolute atomic E-state index is 11.7. The highest BCUT2D eigenvalue weighted by Gasteiger charge is 2.44. The average Bonchev–Trinajstić information content (AvgIpc) is 3.66. The number of nitrogens with zero attached hydrogens (tertiary/aromatic N) is 6. The molecule has 6 rings (SSSR count). The molecule has 2 unspecified atom stereocenters. The molecule has 1 amide bonds. The molecule has 5 N–H and O–H groups in total. The smallest absolute Gasteiger partial charge is 0.254 e. The molecule has 180 valence electrons. The van der Waals surface area contributed by atoms with Gasteiger partial charge in [0.2, 0.25) is 5.91 Å². The maximum Gasteiger partial charge on any atom is 0.254 e. The number of imidazole rings is 1. The number of carbonyl (C=O) groups is 1. The summed E-state index contributed by atoms with van der Waals surface area (Å²) >= 11 is 0. The van der Waals surface area contributed by atoms with E-state index in [0.29, 0.717) is 34.9 Å². The molecule has 12 heteroatoms. The minimum absolute atomic E-state index is 0.260. The molecule has 7 atom stereocenters. The van der Waals surface area contributed by atoms with E-state index in [9.17, 15) is 15.0 Å². The van der Waals surface area contributed by atoms with Crippen molar-refractivity contribution < 1.29 is 20.1 Å². The van der Waals surface area contributed by atoms with Gasteiger partial charge in [-0.05, 0) is 43.6 Å². The largest absolute Gasteiger partial charge is 0.388 e. The van der Waals surface area contributed by atoms with Gasteiger partial charge in [0.1, 0.15) is 18.8 Å². The Morgan fingerprint density at radius 3 is 2.71 bits per heavy atom. The number of aliphatic hydroxyl groups excluding tert-OH is 3. The minimum Gasteiger partial charge on any atom is -0.388 e. The zero-order valence-corrected chi connectivity index (χ0v) is 18.5. The lowest BCUT2D eigenvalue weighted by atomic mass is 9.95. The van der Waals surface area contributed by atoms with Crippen LogP contribution in [0.2, 0.25) is 0 Å². The number of amides is 1. The highest BCUT2D eigenvalue weighted by atomic mass is 16.3. The molecule has 12 nitrogen and oxygen atoms in total. The van der Waals surface area contributed by atoms with Gasteiger partial charge < -0.3 is 30.5 Å². The van der Waals surface area contributed by atoms with Crippen LogP contribution in [0.25, 0.3) is 17.1 Å². The lowest BCUT2D eigenvalue weighted by molar-refractivity contribution is -0.125. The summed E-state index contributed by atoms with van der Waals surface area (Å²) in [6.45, 7) is -0.684. The van der Waals surface area contributed by atoms with Gasteiger partial charge in [-0.3, -0.25) is 4.79 Å². The van der Waals surface area contributed by atoms with Gasteiger partial charge in [0.15, 0.2) is 17.0 Å². The summed E-state index contributed by atoms with van der Waals surface area (Å²) in [7, 11) is 0. The third kappa shape index (κ3) is 3.53. The normalized spacial score (nSPS) is 32.5. The number of rotatable bonds is 6. The van der Waals surface area contributed by atoms with Crippen molar-refractivity contribution >= 4 is 22.9 Å². The van der Waals surface area contributed by atoms with Gasteiger partial charge in [-0.2, -0.15) is 15.1 Å². The molecule has 3 fully saturated rings. The van der Waals surface area contributed by atoms with Crippen molar-refractivity contribution in [2.75, 3.05) is 11.9 Å². The maximum atomic E-state index is 11.7. The number of aromatic nitrogens is 6. The van der Waals surface area contributed by atoms with Gasteiger partial charge >= 0.3 is 0 Å². The molecule has 3 aromatic rings. The molecule has 0 spiro atoms. The van der Waals surface area contributed by atoms with Crippen LogP contribution in [0.3, 0.4) is 0 Å². The first-order valence-electron chi connectivity index (χ1n) is 11.8. The van der Waals surface area contributed by atoms with Crippen LogP contribution in [0.4, 0.5) is 5.82 Å². The molecule has 0 aliphatic heterocycles. The van der Waals surface area contributed by atoms with E-state index in [1.807, 2.05) is 0 Å². The molecule has 3 saturated carbocycles. The average molecular weight is 469 g/mol. The topological polar surface area (TPSA) is 163 Å². The first kappa shape index (κ1) is 21.4. The molecule has 3 heterocycles. The van der Waals surface area contributed by atoms with Gasteiger partial charge in [-0.15, -0.1) is 0 Å². The predicted molar refractivity (Wildman–Crippen MR) is 120 cm³/mol. The van der Waals surface area contributed by atoms with Gasteiger partial charge in [0.05, 0.1) is 18.4 Å². The van der Waals surface area contributed by atoms with E-state index >= 15 is 0 Å². The molecular formula is C22H28N8O4. The lowest BCUT2D eigenvalue weighted by Gasteiger charge is -2.24. The number of aliphatic hydroxyl groups is 3. The van der Waals surface area contributed by atoms with Crippen LogP contribution in [-0.2, 0) is 4.79 Å². The number of hydrogen-bond acceptors (Lipinski definition) is 9. The van der Waals surface area contributed by atoms with E-state index in [0.717, 1.165) is 12.3 Å². The van der Waals surface area contributed by atoms with Crippen LogP contribution in [0.5, 0.6) is 0 Å². The minimum atomic E-state index is -1.18. The van der Waals surface area contributed by atoms with Gasteiger partial charge in [0.25, 0.3) is 5.95 Å². The highest BCUT2D eigenvalue weighted by molar-refractivity contribution is 5.84. The zero-order valence-electron chi connectivity index (χ0n) is 18.5. The number of anilines is 1. The second-order valence-electron chi connectivity index (χ2n) is 9.69. The SMILES string of the molecule is O=C(CO)NC1C[C@@H](n2cnc3c(NC4C[C@@H]5CC[C@H]4C5)nc(-n4cccn4)nc32)[C@H](O)[C@@H]1O. The molecular weight excluding hydrogens is 440 g/mol. The molecule has 3 aromatic heterocycles. The standard InChI is InChI=1S/C22H28N8O4/c31-9-16(32)25-14-8-15(19(34)18(14)33)29-10-23-17-20(26-13-7-11-2-3-12(13)6-11)27-22(28-21(17)29)30-5-1-4-24-30/h1,4-5,10-15,18-19,31,33-34H,2-3,6-9H2,(H,25,32)(H,26,27,28)/t11-,12+,13?,14?,15-,18-,19+/m1/s1. The van der Waals surface area contributed by atoms with Crippen molar-refractivity contribution in [1.29, 1.82) is 0 Å². The first-order valence-corrected chi connectivity index (χ1v) is 11.8. The van der Waals surface area contributed by atoms with Gasteiger partial charge in [-0.25, -0.2) is 9.67 Å². The van der Waals surface area contributed by atoms with Crippen LogP contribution in [0.1, 0.15) is 38.1 Å². The Morgan fingerprint density at radius 2 is 2.00 bits per heavy atom. The van der Waals surface area contributed by atoms with Crippen molar-refractivity contribution in [1.82, 2.24) is 34.6 Å². The van der Waals surface area contributed by atoms with Gasteiger partial charge in [-0.1, -0.05) is 6.42 Å². The predicted octanol–water partition coefficient (Wildman–Crippen LogP) is -0.244. The zero-order chi connectivity index (χ0) is 23.4. The van der Waals surface area contributed by atoms with E-state index in [1.165, 1.54) is 19.3 Å². The van der Waals surface area contributed by atoms with Crippen LogP contribution >= 0.6 is 0 Å². The summed E-state index contributed by atoms with van der Waals surface area (Å²) in [5.74, 6) is 1.80. The summed E-state index contributed by atoms with van der Waals surface area (Å²) in [6, 6.07) is 0.861. The summed E-state index contributed by atoms with van der Waals surface area (Å²) in [6.07, 6.45) is 7.83. The van der Waals surface area contributed by atoms with E-state index in [1.54, 1.807) is 34.0 Å². The van der Waals surface area contributed by atoms with Crippen LogP contribution in [0, 0.1) is 11.8 Å². The molecule has 34 heavy (non-hydrogen) atoms. The quantitative estimate of drug-likeness (QED) is 0.328. The molecule has 3 aliphatic rings. The molecule has 2 bridgehead atoms. The van der Waals surface area contributed by atoms with Crippen molar-refractivity contribution in [3.8, 4) is 5.95 Å². The fourth-order valence-corrected chi connectivity index (χ4v) is 6.01. The molecule has 0 aromatic carbocycles. The second kappa shape index (κ2) is 8.29. The van der Waals surface area contributed by atoms with Crippen LogP contribution in [-0.4, -0.2) is 81.4 Å². The van der Waals surface area contributed by atoms with E-state index in [-0.39, 0.29) is 6.42 Å². The summed E-state index contributed by atoms with van der Waals surface area (Å²) < 4.78 is 3.31. The van der Waals surface area contributed by atoms with Crippen LogP contribution < -0.4 is 10.6 Å². The Balaban J connectivity index is 1.38. The van der Waals surface area contributed by atoms with Crippen molar-refractivity contribution in [2.45, 2.75) is 62.4 Å². The number of hydrogen-bond donors (Lipinski definition) is 5. The fraction of sp³-hybridized carbons (Fsp3) is 0.591. The summed E-state index contributed by atoms with van der Waals surface area (Å²) in [5.41, 5.74) is 1.10. The summed E-state index contributed by atoms with van der Waals surface area (Å²) in [4.78, 5) is 25.7. The first-order chi connectivity index (χ1) is 16.5. The van der Waals surface area contributed by atoms with E-state index in [2.05, 4.69) is 20.7 Å². The Bertz CT molecular complexity index is 1200. The Labute approximate surface area is 195 Å². The molecule has 3 aliphatic carbocycles. The Hall–Kier alpha value is -3.09. The van der Waals surface area contributed by atoms with Crippen molar-refractivity contribution in [3.05, 3.63) is 24.8 Å². The Morgan fingerprint density at radius 1 is 1.12 bits per heavy atom. The number of nitrogens with one attached hydrogen (secondary N) is 2. The highest BCUT2D eigenvalue weighted by Crippen LogP contribution is 2.46. The van der Waals surface area contributed by atoms with Crippen molar-refractivity contribution in [2.24, 2.45) is 11.8 Å². The lowest BCUT2D eigenvalue weighted by Crippen LogP contribution is -2.44. The fourth-order valence-electron chi connectivity index (χ4n) is 6.01. The van der Waals surface area contributed by atoms with Crippen LogP contribution in [0.15, 0.2) is 24.8 Å². The van der Waals surface area contributed by atoms with E-state index in [4.69, 9.17) is 15.1 Å². The van der Waals surface area contributed by atoms with E-state index < -0.39 is 36.8 Å². The van der Waals surface area contributed by atoms with Gasteiger partial charge in [0, 0.05) is 18.4 Å². The molecule has 0 radical (unpaired) electrons. The Kier molecular flexibility index (Phi) is 5.23. The number of carbonyl (C=O) groups excluding carboxylic acids is 1. The second-order valence-corrected chi connectivity index (χ2v) is 9.69. The summed E-state index contributed by atoms with van der Waals surface area (Å²) in [5, 5.41) is 40.8. The third-order valence-corrected chi connectivity index (χ3v) is 7.68. The number of fused-ring (bicyclic) bond motifs is 3.